The van der Waals surface area contributed by atoms with Crippen molar-refractivity contribution >= 4 is 5.97 Å². The first-order valence-corrected chi connectivity index (χ1v) is 31.1. The highest BCUT2D eigenvalue weighted by Gasteiger charge is 2.47. The maximum atomic E-state index is 13.1. The lowest BCUT2D eigenvalue weighted by Crippen LogP contribution is -2.61. The summed E-state index contributed by atoms with van der Waals surface area (Å²) in [5.74, 6) is -0.381. The molecule has 14 nitrogen and oxygen atoms in total. The number of hydrogen-bond acceptors (Lipinski definition) is 14. The van der Waals surface area contributed by atoms with Crippen molar-refractivity contribution in [2.24, 2.45) is 0 Å². The van der Waals surface area contributed by atoms with Crippen LogP contribution in [0.5, 0.6) is 0 Å². The molecule has 2 aliphatic heterocycles. The predicted octanol–water partition coefficient (Wildman–Crippen LogP) is 11.7. The standard InChI is InChI=1S/C62H114O14/c1-3-5-7-9-11-13-15-17-19-21-22-23-24-25-26-27-28-29-30-32-34-36-38-40-42-44-46-71-48-51(74-54(64)45-43-41-39-37-35-33-31-20-18-16-14-12-10-8-6-4-2)49-72-61-60(70)58(68)56(66)53(76-61)50-73-62-59(69)57(67)55(65)52(47-63)75-62/h15,17,20-22,31,51-53,55-63,65-70H,3-14,16,18-19,23-30,32-50H2,1-2H3/b17-15-,22-21-,31-20-. The molecule has 7 N–H and O–H groups in total. The third kappa shape index (κ3) is 35.1. The first-order chi connectivity index (χ1) is 37.1. The molecule has 2 fully saturated rings. The molecule has 446 valence electrons. The number of aliphatic hydroxyl groups is 7. The quantitative estimate of drug-likeness (QED) is 0.0172. The Morgan fingerprint density at radius 3 is 1.28 bits per heavy atom. The molecule has 2 heterocycles. The fourth-order valence-corrected chi connectivity index (χ4v) is 9.84. The first-order valence-electron chi connectivity index (χ1n) is 31.1. The van der Waals surface area contributed by atoms with E-state index >= 15 is 0 Å². The Kier molecular flexibility index (Phi) is 45.4. The monoisotopic (exact) mass is 1080 g/mol. The van der Waals surface area contributed by atoms with Gasteiger partial charge in [-0.05, 0) is 70.6 Å². The van der Waals surface area contributed by atoms with E-state index in [2.05, 4.69) is 50.3 Å². The lowest BCUT2D eigenvalue weighted by molar-refractivity contribution is -0.332. The molecule has 0 aliphatic carbocycles. The molecule has 0 aromatic rings. The van der Waals surface area contributed by atoms with Crippen molar-refractivity contribution in [2.75, 3.05) is 33.0 Å². The van der Waals surface area contributed by atoms with Gasteiger partial charge in [0.15, 0.2) is 12.6 Å². The molecule has 0 bridgehead atoms. The second-order valence-electron chi connectivity index (χ2n) is 21.9. The smallest absolute Gasteiger partial charge is 0.306 e. The summed E-state index contributed by atoms with van der Waals surface area (Å²) >= 11 is 0. The molecule has 0 saturated carbocycles. The van der Waals surface area contributed by atoms with Crippen molar-refractivity contribution in [2.45, 2.75) is 319 Å². The SMILES string of the molecule is CCCCCCC/C=C\C/C=C\CCCCCCCCCCCCCCCCOCC(COC1OC(COC2OC(CO)C(O)C(O)C2O)C(O)C(O)C1O)OC(=O)CCCCCCC/C=C\CCCCCCCCC. The Balaban J connectivity index is 1.67. The summed E-state index contributed by atoms with van der Waals surface area (Å²) in [5.41, 5.74) is 0. The zero-order valence-corrected chi connectivity index (χ0v) is 48.0. The predicted molar refractivity (Wildman–Crippen MR) is 303 cm³/mol. The summed E-state index contributed by atoms with van der Waals surface area (Å²) in [4.78, 5) is 13.1. The summed E-state index contributed by atoms with van der Waals surface area (Å²) < 4.78 is 34.4. The van der Waals surface area contributed by atoms with Crippen LogP contribution in [0.2, 0.25) is 0 Å². The van der Waals surface area contributed by atoms with E-state index < -0.39 is 80.7 Å². The van der Waals surface area contributed by atoms with Crippen molar-refractivity contribution in [3.63, 3.8) is 0 Å². The molecule has 0 amide bonds. The van der Waals surface area contributed by atoms with Crippen molar-refractivity contribution in [3.05, 3.63) is 36.5 Å². The van der Waals surface area contributed by atoms with E-state index in [1.807, 2.05) is 0 Å². The van der Waals surface area contributed by atoms with Crippen LogP contribution in [-0.2, 0) is 33.2 Å². The number of carbonyl (C=O) groups is 1. The maximum Gasteiger partial charge on any atom is 0.306 e. The molecule has 0 radical (unpaired) electrons. The van der Waals surface area contributed by atoms with Gasteiger partial charge in [0.2, 0.25) is 0 Å². The minimum Gasteiger partial charge on any atom is -0.457 e. The van der Waals surface area contributed by atoms with Crippen LogP contribution in [0.3, 0.4) is 0 Å². The van der Waals surface area contributed by atoms with Crippen LogP contribution in [0.1, 0.15) is 251 Å². The van der Waals surface area contributed by atoms with E-state index in [-0.39, 0.29) is 25.6 Å². The third-order valence-corrected chi connectivity index (χ3v) is 14.9. The number of carbonyl (C=O) groups excluding carboxylic acids is 1. The number of esters is 1. The number of ether oxygens (including phenoxy) is 6. The Bertz CT molecular complexity index is 1400. The van der Waals surface area contributed by atoms with E-state index in [9.17, 15) is 40.5 Å². The van der Waals surface area contributed by atoms with Gasteiger partial charge in [0.1, 0.15) is 54.9 Å². The second-order valence-corrected chi connectivity index (χ2v) is 21.9. The summed E-state index contributed by atoms with van der Waals surface area (Å²) in [6.07, 6.45) is 42.1. The fraction of sp³-hybridized carbons (Fsp3) is 0.887. The number of aliphatic hydroxyl groups excluding tert-OH is 7. The highest BCUT2D eigenvalue weighted by Crippen LogP contribution is 2.27. The first kappa shape index (κ1) is 70.3. The van der Waals surface area contributed by atoms with E-state index in [1.165, 1.54) is 161 Å². The summed E-state index contributed by atoms with van der Waals surface area (Å²) in [7, 11) is 0. The Morgan fingerprint density at radius 1 is 0.434 bits per heavy atom. The maximum absolute atomic E-state index is 13.1. The Morgan fingerprint density at radius 2 is 0.816 bits per heavy atom. The van der Waals surface area contributed by atoms with E-state index in [0.29, 0.717) is 13.0 Å². The topological polar surface area (TPSA) is 214 Å². The summed E-state index contributed by atoms with van der Waals surface area (Å²) in [6, 6.07) is 0. The third-order valence-electron chi connectivity index (χ3n) is 14.9. The van der Waals surface area contributed by atoms with Crippen LogP contribution >= 0.6 is 0 Å². The van der Waals surface area contributed by atoms with Crippen LogP contribution in [-0.4, -0.2) is 142 Å². The molecule has 0 aromatic carbocycles. The van der Waals surface area contributed by atoms with Gasteiger partial charge in [0.25, 0.3) is 0 Å². The van der Waals surface area contributed by atoms with Crippen LogP contribution in [0.25, 0.3) is 0 Å². The zero-order valence-electron chi connectivity index (χ0n) is 48.0. The minimum absolute atomic E-state index is 0.0602. The van der Waals surface area contributed by atoms with Crippen molar-refractivity contribution < 1.29 is 69.0 Å². The molecular formula is C62H114O14. The van der Waals surface area contributed by atoms with Gasteiger partial charge in [0, 0.05) is 13.0 Å². The molecule has 2 aliphatic rings. The number of unbranched alkanes of at least 4 members (excludes halogenated alkanes) is 31. The second kappa shape index (κ2) is 49.1. The molecule has 0 aromatic heterocycles. The molecule has 14 heteroatoms. The van der Waals surface area contributed by atoms with Crippen molar-refractivity contribution in [3.8, 4) is 0 Å². The zero-order chi connectivity index (χ0) is 55.1. The van der Waals surface area contributed by atoms with Gasteiger partial charge in [-0.25, -0.2) is 0 Å². The number of rotatable bonds is 51. The lowest BCUT2D eigenvalue weighted by Gasteiger charge is -2.42. The fourth-order valence-electron chi connectivity index (χ4n) is 9.84. The van der Waals surface area contributed by atoms with Crippen molar-refractivity contribution in [1.29, 1.82) is 0 Å². The number of hydrogen-bond donors (Lipinski definition) is 7. The van der Waals surface area contributed by atoms with Gasteiger partial charge in [-0.2, -0.15) is 0 Å². The van der Waals surface area contributed by atoms with Gasteiger partial charge in [-0.1, -0.05) is 211 Å². The largest absolute Gasteiger partial charge is 0.457 e. The van der Waals surface area contributed by atoms with E-state index in [1.54, 1.807) is 0 Å². The average Bonchev–Trinajstić information content (AvgIpc) is 3.42. The van der Waals surface area contributed by atoms with Crippen LogP contribution in [0.4, 0.5) is 0 Å². The average molecular weight is 1080 g/mol. The molecule has 2 rings (SSSR count). The minimum atomic E-state index is -1.71. The molecule has 76 heavy (non-hydrogen) atoms. The molecule has 0 spiro atoms. The Labute approximate surface area is 461 Å². The Hall–Kier alpha value is -1.79. The van der Waals surface area contributed by atoms with E-state index in [4.69, 9.17) is 28.4 Å². The number of allylic oxidation sites excluding steroid dienone is 6. The summed E-state index contributed by atoms with van der Waals surface area (Å²) in [6.45, 7) is 3.70. The molecular weight excluding hydrogens is 969 g/mol. The van der Waals surface area contributed by atoms with Crippen LogP contribution < -0.4 is 0 Å². The van der Waals surface area contributed by atoms with Gasteiger partial charge in [-0.15, -0.1) is 0 Å². The van der Waals surface area contributed by atoms with Crippen LogP contribution in [0.15, 0.2) is 36.5 Å². The molecule has 11 atom stereocenters. The van der Waals surface area contributed by atoms with Gasteiger partial charge < -0.3 is 64.2 Å². The highest BCUT2D eigenvalue weighted by atomic mass is 16.7. The van der Waals surface area contributed by atoms with Gasteiger partial charge in [-0.3, -0.25) is 4.79 Å². The van der Waals surface area contributed by atoms with Gasteiger partial charge in [0.05, 0.1) is 26.4 Å². The molecule has 2 saturated heterocycles. The van der Waals surface area contributed by atoms with Gasteiger partial charge >= 0.3 is 5.97 Å². The molecule has 11 unspecified atom stereocenters. The summed E-state index contributed by atoms with van der Waals surface area (Å²) in [5, 5.41) is 72.4. The lowest BCUT2D eigenvalue weighted by atomic mass is 9.98. The highest BCUT2D eigenvalue weighted by molar-refractivity contribution is 5.69. The van der Waals surface area contributed by atoms with E-state index in [0.717, 1.165) is 64.2 Å². The normalized spacial score (nSPS) is 24.6. The van der Waals surface area contributed by atoms with Crippen LogP contribution in [0, 0.1) is 0 Å². The van der Waals surface area contributed by atoms with Crippen molar-refractivity contribution in [1.82, 2.24) is 0 Å².